The van der Waals surface area contributed by atoms with Crippen LogP contribution in [-0.2, 0) is 4.74 Å². The fraction of sp³-hybridized carbons (Fsp3) is 1.00. The summed E-state index contributed by atoms with van der Waals surface area (Å²) in [5, 5.41) is 0. The van der Waals surface area contributed by atoms with E-state index < -0.39 is 0 Å². The summed E-state index contributed by atoms with van der Waals surface area (Å²) in [4.78, 5) is 0. The Hall–Kier alpha value is -0.0400. The van der Waals surface area contributed by atoms with E-state index in [1.165, 1.54) is 96.3 Å². The first kappa shape index (κ1) is 19.3. The highest BCUT2D eigenvalue weighted by atomic mass is 16.5. The van der Waals surface area contributed by atoms with E-state index in [-0.39, 0.29) is 0 Å². The molecule has 0 spiro atoms. The van der Waals surface area contributed by atoms with Crippen LogP contribution in [0.5, 0.6) is 0 Å². The van der Waals surface area contributed by atoms with Crippen molar-refractivity contribution in [2.45, 2.75) is 116 Å². The van der Waals surface area contributed by atoms with Crippen molar-refractivity contribution < 1.29 is 4.74 Å². The summed E-state index contributed by atoms with van der Waals surface area (Å²) < 4.78 is 6.19. The van der Waals surface area contributed by atoms with Crippen molar-refractivity contribution >= 4 is 0 Å². The number of hydrogen-bond acceptors (Lipinski definition) is 1. The summed E-state index contributed by atoms with van der Waals surface area (Å²) in [6.07, 6.45) is 21.9. The highest BCUT2D eigenvalue weighted by Gasteiger charge is 2.22. The molecule has 0 aromatic carbocycles. The molecule has 0 atom stereocenters. The van der Waals surface area contributed by atoms with E-state index in [1.807, 2.05) is 0 Å². The van der Waals surface area contributed by atoms with Crippen LogP contribution in [0, 0.1) is 17.8 Å². The van der Waals surface area contributed by atoms with Crippen LogP contribution < -0.4 is 0 Å². The molecular weight excluding hydrogens is 280 g/mol. The highest BCUT2D eigenvalue weighted by molar-refractivity contribution is 4.74. The quantitative estimate of drug-likeness (QED) is 0.388. The summed E-state index contributed by atoms with van der Waals surface area (Å²) in [6.45, 7) is 5.69. The largest absolute Gasteiger partial charge is 0.378 e. The van der Waals surface area contributed by atoms with Crippen molar-refractivity contribution in [2.75, 3.05) is 6.61 Å². The zero-order chi connectivity index (χ0) is 16.3. The summed E-state index contributed by atoms with van der Waals surface area (Å²) in [5.41, 5.74) is 0. The first-order valence-corrected chi connectivity index (χ1v) is 10.9. The molecule has 0 heterocycles. The first-order valence-electron chi connectivity index (χ1n) is 10.9. The molecule has 0 unspecified atom stereocenters. The molecule has 0 bridgehead atoms. The van der Waals surface area contributed by atoms with Crippen molar-refractivity contribution in [1.82, 2.24) is 0 Å². The van der Waals surface area contributed by atoms with Gasteiger partial charge in [-0.2, -0.15) is 0 Å². The van der Waals surface area contributed by atoms with Gasteiger partial charge in [0.15, 0.2) is 0 Å². The molecule has 2 aliphatic rings. The van der Waals surface area contributed by atoms with Gasteiger partial charge in [0.25, 0.3) is 0 Å². The molecule has 0 N–H and O–H groups in total. The van der Waals surface area contributed by atoms with Crippen LogP contribution in [0.3, 0.4) is 0 Å². The maximum absolute atomic E-state index is 6.19. The number of unbranched alkanes of at least 4 members (excludes halogenated alkanes) is 2. The molecule has 1 heteroatoms. The topological polar surface area (TPSA) is 9.23 Å². The molecule has 0 radical (unpaired) electrons. The molecule has 0 amide bonds. The number of rotatable bonds is 10. The minimum Gasteiger partial charge on any atom is -0.378 e. The Kier molecular flexibility index (Phi) is 9.65. The lowest BCUT2D eigenvalue weighted by atomic mass is 9.79. The van der Waals surface area contributed by atoms with Crippen molar-refractivity contribution in [1.29, 1.82) is 0 Å². The van der Waals surface area contributed by atoms with Crippen LogP contribution in [0.1, 0.15) is 110 Å². The zero-order valence-electron chi connectivity index (χ0n) is 16.0. The van der Waals surface area contributed by atoms with Gasteiger partial charge in [0, 0.05) is 6.61 Å². The Balaban J connectivity index is 1.45. The number of ether oxygens (including phenoxy) is 1. The third kappa shape index (κ3) is 7.59. The standard InChI is InChI=1S/C22H42O/c1-3-5-6-8-20-14-16-22(17-15-20)23-18-7-9-21-12-10-19(4-2)11-13-21/h19-22H,3-18H2,1-2H3/t19-,20?,21-,22?. The van der Waals surface area contributed by atoms with E-state index in [0.717, 1.165) is 24.4 Å². The molecule has 2 fully saturated rings. The smallest absolute Gasteiger partial charge is 0.0575 e. The lowest BCUT2D eigenvalue weighted by Gasteiger charge is -2.29. The summed E-state index contributed by atoms with van der Waals surface area (Å²) in [6, 6.07) is 0. The Morgan fingerprint density at radius 1 is 0.652 bits per heavy atom. The molecule has 0 saturated heterocycles. The van der Waals surface area contributed by atoms with E-state index in [4.69, 9.17) is 4.74 Å². The van der Waals surface area contributed by atoms with E-state index in [0.29, 0.717) is 6.10 Å². The average Bonchev–Trinajstić information content (AvgIpc) is 2.61. The normalized spacial score (nSPS) is 32.1. The molecule has 2 aliphatic carbocycles. The first-order chi connectivity index (χ1) is 11.3. The molecule has 0 aliphatic heterocycles. The molecule has 0 aromatic rings. The van der Waals surface area contributed by atoms with Gasteiger partial charge >= 0.3 is 0 Å². The predicted molar refractivity (Wildman–Crippen MR) is 101 cm³/mol. The molecule has 2 rings (SSSR count). The van der Waals surface area contributed by atoms with Gasteiger partial charge in [0.05, 0.1) is 6.10 Å². The van der Waals surface area contributed by atoms with E-state index >= 15 is 0 Å². The van der Waals surface area contributed by atoms with Crippen LogP contribution in [0.4, 0.5) is 0 Å². The summed E-state index contributed by atoms with van der Waals surface area (Å²) in [7, 11) is 0. The minimum atomic E-state index is 0.591. The Morgan fingerprint density at radius 3 is 1.83 bits per heavy atom. The van der Waals surface area contributed by atoms with Crippen molar-refractivity contribution in [3.05, 3.63) is 0 Å². The van der Waals surface area contributed by atoms with Gasteiger partial charge in [-0.25, -0.2) is 0 Å². The van der Waals surface area contributed by atoms with Crippen LogP contribution >= 0.6 is 0 Å². The number of hydrogen-bond donors (Lipinski definition) is 0. The van der Waals surface area contributed by atoms with Crippen LogP contribution in [0.2, 0.25) is 0 Å². The Bertz CT molecular complexity index is 272. The fourth-order valence-electron chi connectivity index (χ4n) is 4.82. The predicted octanol–water partition coefficient (Wildman–Crippen LogP) is 7.14. The van der Waals surface area contributed by atoms with Gasteiger partial charge in [-0.05, 0) is 56.3 Å². The lowest BCUT2D eigenvalue weighted by Crippen LogP contribution is -2.22. The summed E-state index contributed by atoms with van der Waals surface area (Å²) >= 11 is 0. The van der Waals surface area contributed by atoms with Crippen LogP contribution in [0.25, 0.3) is 0 Å². The molecular formula is C22H42O. The average molecular weight is 323 g/mol. The third-order valence-corrected chi connectivity index (χ3v) is 6.66. The molecule has 23 heavy (non-hydrogen) atoms. The van der Waals surface area contributed by atoms with Crippen LogP contribution in [0.15, 0.2) is 0 Å². The van der Waals surface area contributed by atoms with Gasteiger partial charge in [0.1, 0.15) is 0 Å². The van der Waals surface area contributed by atoms with Crippen molar-refractivity contribution in [3.63, 3.8) is 0 Å². The van der Waals surface area contributed by atoms with E-state index in [2.05, 4.69) is 13.8 Å². The monoisotopic (exact) mass is 322 g/mol. The van der Waals surface area contributed by atoms with Gasteiger partial charge in [0.2, 0.25) is 0 Å². The van der Waals surface area contributed by atoms with Gasteiger partial charge in [-0.15, -0.1) is 0 Å². The van der Waals surface area contributed by atoms with Gasteiger partial charge < -0.3 is 4.74 Å². The second-order valence-corrected chi connectivity index (χ2v) is 8.45. The van der Waals surface area contributed by atoms with Crippen LogP contribution in [-0.4, -0.2) is 12.7 Å². The molecule has 2 saturated carbocycles. The van der Waals surface area contributed by atoms with Gasteiger partial charge in [-0.1, -0.05) is 71.6 Å². The zero-order valence-corrected chi connectivity index (χ0v) is 16.0. The Labute approximate surface area is 146 Å². The second-order valence-electron chi connectivity index (χ2n) is 8.45. The molecule has 0 aromatic heterocycles. The highest BCUT2D eigenvalue weighted by Crippen LogP contribution is 2.33. The van der Waals surface area contributed by atoms with Gasteiger partial charge in [-0.3, -0.25) is 0 Å². The molecule has 136 valence electrons. The maximum Gasteiger partial charge on any atom is 0.0575 e. The maximum atomic E-state index is 6.19. The minimum absolute atomic E-state index is 0.591. The fourth-order valence-corrected chi connectivity index (χ4v) is 4.82. The SMILES string of the molecule is CCCCCC1CCC(OCCC[C@H]2CC[C@H](CC)CC2)CC1. The molecule has 1 nitrogen and oxygen atoms in total. The third-order valence-electron chi connectivity index (χ3n) is 6.66. The van der Waals surface area contributed by atoms with E-state index in [1.54, 1.807) is 0 Å². The van der Waals surface area contributed by atoms with Crippen molar-refractivity contribution in [3.8, 4) is 0 Å². The lowest BCUT2D eigenvalue weighted by molar-refractivity contribution is 0.0132. The van der Waals surface area contributed by atoms with Crippen molar-refractivity contribution in [2.24, 2.45) is 17.8 Å². The second kappa shape index (κ2) is 11.5. The summed E-state index contributed by atoms with van der Waals surface area (Å²) in [5.74, 6) is 3.06. The Morgan fingerprint density at radius 2 is 1.22 bits per heavy atom. The van der Waals surface area contributed by atoms with E-state index in [9.17, 15) is 0 Å².